The van der Waals surface area contributed by atoms with E-state index in [0.717, 1.165) is 31.1 Å². The van der Waals surface area contributed by atoms with Crippen LogP contribution < -0.4 is 21.3 Å². The van der Waals surface area contributed by atoms with Crippen LogP contribution in [0.1, 0.15) is 20.3 Å². The smallest absolute Gasteiger partial charge is 0.223 e. The highest BCUT2D eigenvalue weighted by atomic mass is 15.3. The van der Waals surface area contributed by atoms with Crippen molar-refractivity contribution in [2.75, 3.05) is 36.1 Å². The molecule has 1 aromatic rings. The molecular weight excluding hydrogens is 228 g/mol. The Morgan fingerprint density at radius 3 is 2.83 bits per heavy atom. The molecule has 1 aromatic heterocycles. The van der Waals surface area contributed by atoms with E-state index in [9.17, 15) is 0 Å². The van der Waals surface area contributed by atoms with Crippen LogP contribution in [-0.2, 0) is 0 Å². The van der Waals surface area contributed by atoms with Crippen LogP contribution in [0.15, 0.2) is 6.07 Å². The molecule has 0 aromatic carbocycles. The maximum Gasteiger partial charge on any atom is 0.223 e. The molecule has 4 N–H and O–H groups in total. The van der Waals surface area contributed by atoms with Gasteiger partial charge >= 0.3 is 0 Å². The van der Waals surface area contributed by atoms with Gasteiger partial charge in [-0.05, 0) is 20.4 Å². The molecule has 0 bridgehead atoms. The number of nitrogen functional groups attached to an aromatic ring is 1. The Balaban J connectivity index is 2.07. The molecule has 6 heteroatoms. The molecule has 18 heavy (non-hydrogen) atoms. The molecule has 0 spiro atoms. The monoisotopic (exact) mass is 250 g/mol. The van der Waals surface area contributed by atoms with E-state index in [0.29, 0.717) is 18.0 Å². The molecule has 1 atom stereocenters. The van der Waals surface area contributed by atoms with Crippen molar-refractivity contribution in [1.82, 2.24) is 15.3 Å². The van der Waals surface area contributed by atoms with Crippen LogP contribution in [0.5, 0.6) is 0 Å². The number of anilines is 3. The lowest BCUT2D eigenvalue weighted by molar-refractivity contribution is 0.447. The van der Waals surface area contributed by atoms with Gasteiger partial charge in [-0.1, -0.05) is 6.92 Å². The molecule has 1 fully saturated rings. The fourth-order valence-corrected chi connectivity index (χ4v) is 1.89. The van der Waals surface area contributed by atoms with E-state index >= 15 is 0 Å². The first kappa shape index (κ1) is 12.9. The van der Waals surface area contributed by atoms with E-state index in [2.05, 4.69) is 39.3 Å². The summed E-state index contributed by atoms with van der Waals surface area (Å²) in [6.07, 6.45) is 1.05. The third-order valence-electron chi connectivity index (χ3n) is 3.35. The minimum atomic E-state index is 0.325. The van der Waals surface area contributed by atoms with Crippen molar-refractivity contribution in [3.8, 4) is 0 Å². The SMILES string of the molecule is CC[C@@H](C)Nc1cc(N2CC(NC)C2)nc(N)n1. The molecule has 0 unspecified atom stereocenters. The van der Waals surface area contributed by atoms with Gasteiger partial charge in [0.05, 0.1) is 0 Å². The summed E-state index contributed by atoms with van der Waals surface area (Å²) in [4.78, 5) is 10.7. The van der Waals surface area contributed by atoms with Crippen LogP contribution in [-0.4, -0.2) is 42.2 Å². The first-order valence-corrected chi connectivity index (χ1v) is 6.45. The van der Waals surface area contributed by atoms with E-state index in [-0.39, 0.29) is 0 Å². The van der Waals surface area contributed by atoms with E-state index in [4.69, 9.17) is 5.73 Å². The Labute approximate surface area is 108 Å². The number of nitrogens with one attached hydrogen (secondary N) is 2. The Kier molecular flexibility index (Phi) is 3.86. The van der Waals surface area contributed by atoms with Crippen LogP contribution in [0.3, 0.4) is 0 Å². The Morgan fingerprint density at radius 2 is 2.22 bits per heavy atom. The number of nitrogens with two attached hydrogens (primary N) is 1. The van der Waals surface area contributed by atoms with Gasteiger partial charge in [-0.25, -0.2) is 0 Å². The summed E-state index contributed by atoms with van der Waals surface area (Å²) in [5.74, 6) is 2.03. The second-order valence-corrected chi connectivity index (χ2v) is 4.81. The average molecular weight is 250 g/mol. The quantitative estimate of drug-likeness (QED) is 0.713. The summed E-state index contributed by atoms with van der Waals surface area (Å²) in [7, 11) is 1.98. The third kappa shape index (κ3) is 2.81. The van der Waals surface area contributed by atoms with Crippen LogP contribution >= 0.6 is 0 Å². The summed E-state index contributed by atoms with van der Waals surface area (Å²) in [6.45, 7) is 6.19. The molecular formula is C12H22N6. The molecule has 0 saturated carbocycles. The van der Waals surface area contributed by atoms with Crippen LogP contribution in [0.2, 0.25) is 0 Å². The second-order valence-electron chi connectivity index (χ2n) is 4.81. The standard InChI is InChI=1S/C12H22N6/c1-4-8(2)15-10-5-11(17-12(13)16-10)18-6-9(7-18)14-3/h5,8-9,14H,4,6-7H2,1-3H3,(H3,13,15,16,17)/t8-/m1/s1. The summed E-state index contributed by atoms with van der Waals surface area (Å²) >= 11 is 0. The lowest BCUT2D eigenvalue weighted by Gasteiger charge is -2.40. The molecule has 100 valence electrons. The number of likely N-dealkylation sites (N-methyl/N-ethyl adjacent to an activating group) is 1. The Hall–Kier alpha value is -1.56. The van der Waals surface area contributed by atoms with Crippen molar-refractivity contribution in [2.24, 2.45) is 0 Å². The van der Waals surface area contributed by atoms with Crippen LogP contribution in [0, 0.1) is 0 Å². The molecule has 2 heterocycles. The molecule has 1 saturated heterocycles. The number of rotatable bonds is 5. The van der Waals surface area contributed by atoms with E-state index in [1.165, 1.54) is 0 Å². The van der Waals surface area contributed by atoms with Gasteiger partial charge in [-0.3, -0.25) is 0 Å². The predicted octanol–water partition coefficient (Wildman–Crippen LogP) is 0.677. The highest BCUT2D eigenvalue weighted by molar-refractivity contribution is 5.54. The van der Waals surface area contributed by atoms with Crippen LogP contribution in [0.4, 0.5) is 17.6 Å². The molecule has 0 radical (unpaired) electrons. The first-order valence-electron chi connectivity index (χ1n) is 6.45. The predicted molar refractivity (Wildman–Crippen MR) is 74.9 cm³/mol. The highest BCUT2D eigenvalue weighted by Gasteiger charge is 2.26. The summed E-state index contributed by atoms with van der Waals surface area (Å²) in [5.41, 5.74) is 5.76. The average Bonchev–Trinajstić information content (AvgIpc) is 2.26. The third-order valence-corrected chi connectivity index (χ3v) is 3.35. The van der Waals surface area contributed by atoms with Crippen molar-refractivity contribution in [1.29, 1.82) is 0 Å². The normalized spacial score (nSPS) is 17.4. The Morgan fingerprint density at radius 1 is 1.50 bits per heavy atom. The first-order chi connectivity index (χ1) is 8.62. The van der Waals surface area contributed by atoms with E-state index < -0.39 is 0 Å². The van der Waals surface area contributed by atoms with Gasteiger partial charge in [0.25, 0.3) is 0 Å². The Bertz CT molecular complexity index is 402. The van der Waals surface area contributed by atoms with Crippen molar-refractivity contribution >= 4 is 17.6 Å². The lowest BCUT2D eigenvalue weighted by atomic mass is 10.1. The topological polar surface area (TPSA) is 79.1 Å². The number of hydrogen-bond donors (Lipinski definition) is 3. The van der Waals surface area contributed by atoms with Crippen molar-refractivity contribution < 1.29 is 0 Å². The van der Waals surface area contributed by atoms with Gasteiger partial charge in [0, 0.05) is 31.2 Å². The molecule has 0 aliphatic carbocycles. The van der Waals surface area contributed by atoms with Crippen molar-refractivity contribution in [3.63, 3.8) is 0 Å². The molecule has 1 aliphatic rings. The maximum absolute atomic E-state index is 5.76. The summed E-state index contributed by atoms with van der Waals surface area (Å²) < 4.78 is 0. The van der Waals surface area contributed by atoms with Crippen LogP contribution in [0.25, 0.3) is 0 Å². The number of hydrogen-bond acceptors (Lipinski definition) is 6. The maximum atomic E-state index is 5.76. The fourth-order valence-electron chi connectivity index (χ4n) is 1.89. The molecule has 1 aliphatic heterocycles. The van der Waals surface area contributed by atoms with Gasteiger partial charge in [-0.2, -0.15) is 9.97 Å². The summed E-state index contributed by atoms with van der Waals surface area (Å²) in [6, 6.07) is 2.90. The fraction of sp³-hybridized carbons (Fsp3) is 0.667. The van der Waals surface area contributed by atoms with Gasteiger partial charge < -0.3 is 21.3 Å². The molecule has 2 rings (SSSR count). The van der Waals surface area contributed by atoms with Crippen molar-refractivity contribution in [2.45, 2.75) is 32.4 Å². The minimum absolute atomic E-state index is 0.325. The minimum Gasteiger partial charge on any atom is -0.368 e. The zero-order valence-corrected chi connectivity index (χ0v) is 11.3. The number of nitrogens with zero attached hydrogens (tertiary/aromatic N) is 3. The summed E-state index contributed by atoms with van der Waals surface area (Å²) in [5, 5.41) is 6.57. The number of aromatic nitrogens is 2. The second kappa shape index (κ2) is 5.39. The van der Waals surface area contributed by atoms with Gasteiger partial charge in [0.2, 0.25) is 5.95 Å². The van der Waals surface area contributed by atoms with Gasteiger partial charge in [-0.15, -0.1) is 0 Å². The molecule has 0 amide bonds. The van der Waals surface area contributed by atoms with Gasteiger partial charge in [0.1, 0.15) is 11.6 Å². The van der Waals surface area contributed by atoms with Crippen molar-refractivity contribution in [3.05, 3.63) is 6.07 Å². The highest BCUT2D eigenvalue weighted by Crippen LogP contribution is 2.22. The largest absolute Gasteiger partial charge is 0.368 e. The van der Waals surface area contributed by atoms with E-state index in [1.54, 1.807) is 0 Å². The van der Waals surface area contributed by atoms with Gasteiger partial charge in [0.15, 0.2) is 0 Å². The zero-order chi connectivity index (χ0) is 13.1. The van der Waals surface area contributed by atoms with E-state index in [1.807, 2.05) is 13.1 Å². The molecule has 6 nitrogen and oxygen atoms in total. The lowest BCUT2D eigenvalue weighted by Crippen LogP contribution is -2.57. The zero-order valence-electron chi connectivity index (χ0n) is 11.3.